The number of carboxylic acids is 1. The van der Waals surface area contributed by atoms with Crippen molar-refractivity contribution in [2.75, 3.05) is 6.61 Å². The lowest BCUT2D eigenvalue weighted by atomic mass is 9.97. The Labute approximate surface area is 122 Å². The highest BCUT2D eigenvalue weighted by Crippen LogP contribution is 2.38. The summed E-state index contributed by atoms with van der Waals surface area (Å²) in [5, 5.41) is 38.4. The van der Waals surface area contributed by atoms with Gasteiger partial charge in [-0.05, 0) is 0 Å². The van der Waals surface area contributed by atoms with Crippen molar-refractivity contribution < 1.29 is 30.0 Å². The number of rotatable bonds is 4. The van der Waals surface area contributed by atoms with E-state index < -0.39 is 47.9 Å². The molecule has 1 fully saturated rings. The summed E-state index contributed by atoms with van der Waals surface area (Å²) in [5.41, 5.74) is -1.73. The first-order valence-electron chi connectivity index (χ1n) is 6.22. The van der Waals surface area contributed by atoms with Crippen LogP contribution in [0.25, 0.3) is 0 Å². The van der Waals surface area contributed by atoms with Crippen molar-refractivity contribution >= 4 is 5.97 Å². The van der Waals surface area contributed by atoms with Crippen molar-refractivity contribution in [1.82, 2.24) is 9.55 Å². The number of ether oxygens (including phenoxy) is 1. The fraction of sp³-hybridized carbons (Fsp3) is 0.417. The molecule has 0 unspecified atom stereocenters. The van der Waals surface area contributed by atoms with E-state index in [1.54, 1.807) is 0 Å². The quantitative estimate of drug-likeness (QED) is 0.371. The third-order valence-electron chi connectivity index (χ3n) is 3.30. The summed E-state index contributed by atoms with van der Waals surface area (Å²) in [4.78, 5) is 35.4. The Balaban J connectivity index is 2.54. The molecule has 0 aromatic carbocycles. The highest BCUT2D eigenvalue weighted by molar-refractivity contribution is 5.79. The minimum absolute atomic E-state index is 0.601. The van der Waals surface area contributed by atoms with Crippen LogP contribution in [0.1, 0.15) is 0 Å². The van der Waals surface area contributed by atoms with Crippen molar-refractivity contribution in [2.24, 2.45) is 5.92 Å². The predicted molar refractivity (Wildman–Crippen MR) is 69.7 cm³/mol. The Morgan fingerprint density at radius 2 is 2.18 bits per heavy atom. The standard InChI is InChI=1S/C12H14N2O8/c15-5-7-10(19)6(1-2-9(17)18)12(21,22-7)14-4-3-8(16)13-11(14)20/h1-4,6-7,10,15,19,21H,5H2,(H,17,18)(H,13,16,20)/t6-,7-,10+,12-/m1/s1. The number of hydrogen-bond donors (Lipinski definition) is 5. The van der Waals surface area contributed by atoms with Crippen LogP contribution >= 0.6 is 0 Å². The van der Waals surface area contributed by atoms with E-state index >= 15 is 0 Å². The van der Waals surface area contributed by atoms with Crippen LogP contribution in [0.5, 0.6) is 0 Å². The topological polar surface area (TPSA) is 162 Å². The number of H-pyrrole nitrogens is 1. The lowest BCUT2D eigenvalue weighted by Gasteiger charge is -2.28. The van der Waals surface area contributed by atoms with Crippen molar-refractivity contribution in [1.29, 1.82) is 0 Å². The average Bonchev–Trinajstić information content (AvgIpc) is 2.68. The first-order valence-corrected chi connectivity index (χ1v) is 6.22. The van der Waals surface area contributed by atoms with Gasteiger partial charge in [0.05, 0.1) is 18.6 Å². The first-order chi connectivity index (χ1) is 10.3. The van der Waals surface area contributed by atoms with Gasteiger partial charge in [-0.2, -0.15) is 0 Å². The smallest absolute Gasteiger partial charge is 0.332 e. The van der Waals surface area contributed by atoms with Gasteiger partial charge in [-0.1, -0.05) is 6.08 Å². The van der Waals surface area contributed by atoms with Gasteiger partial charge in [-0.25, -0.2) is 14.2 Å². The van der Waals surface area contributed by atoms with Crippen LogP contribution in [-0.2, 0) is 15.4 Å². The average molecular weight is 314 g/mol. The van der Waals surface area contributed by atoms with Gasteiger partial charge in [-0.15, -0.1) is 0 Å². The number of hydrogen-bond acceptors (Lipinski definition) is 7. The van der Waals surface area contributed by atoms with Crippen molar-refractivity contribution in [3.63, 3.8) is 0 Å². The number of nitrogens with one attached hydrogen (secondary N) is 1. The molecule has 120 valence electrons. The molecule has 0 aliphatic carbocycles. The molecule has 22 heavy (non-hydrogen) atoms. The number of nitrogens with zero attached hydrogens (tertiary/aromatic N) is 1. The summed E-state index contributed by atoms with van der Waals surface area (Å²) in [6, 6.07) is 0.944. The number of aromatic amines is 1. The van der Waals surface area contributed by atoms with Gasteiger partial charge < -0.3 is 25.2 Å². The van der Waals surface area contributed by atoms with Crippen LogP contribution in [0.3, 0.4) is 0 Å². The van der Waals surface area contributed by atoms with Crippen molar-refractivity contribution in [2.45, 2.75) is 18.1 Å². The van der Waals surface area contributed by atoms with Gasteiger partial charge in [0.25, 0.3) is 11.5 Å². The van der Waals surface area contributed by atoms with E-state index in [1.807, 2.05) is 4.98 Å². The van der Waals surface area contributed by atoms with Gasteiger partial charge in [0, 0.05) is 18.3 Å². The zero-order chi connectivity index (χ0) is 16.5. The number of aliphatic hydroxyl groups excluding tert-OH is 2. The SMILES string of the molecule is O=C(O)C=C[C@@H]1[C@H](O)[C@@H](CO)O[C@@]1(O)n1ccc(=O)[nH]c1=O. The molecule has 1 aromatic heterocycles. The third-order valence-corrected chi connectivity index (χ3v) is 3.30. The summed E-state index contributed by atoms with van der Waals surface area (Å²) in [7, 11) is 0. The van der Waals surface area contributed by atoms with Crippen molar-refractivity contribution in [3.8, 4) is 0 Å². The molecule has 0 spiro atoms. The molecular formula is C12H14N2O8. The molecule has 2 rings (SSSR count). The van der Waals surface area contributed by atoms with E-state index in [1.165, 1.54) is 0 Å². The molecule has 0 saturated carbocycles. The molecular weight excluding hydrogens is 300 g/mol. The van der Waals surface area contributed by atoms with Gasteiger partial charge in [0.15, 0.2) is 0 Å². The summed E-state index contributed by atoms with van der Waals surface area (Å²) in [5.74, 6) is -5.15. The van der Waals surface area contributed by atoms with E-state index in [4.69, 9.17) is 14.9 Å². The molecule has 1 aliphatic rings. The van der Waals surface area contributed by atoms with Gasteiger partial charge >= 0.3 is 11.7 Å². The summed E-state index contributed by atoms with van der Waals surface area (Å²) in [6.45, 7) is -0.668. The number of carbonyl (C=O) groups is 1. The van der Waals surface area contributed by atoms with Crippen LogP contribution in [0.15, 0.2) is 34.0 Å². The Morgan fingerprint density at radius 1 is 1.50 bits per heavy atom. The van der Waals surface area contributed by atoms with Crippen molar-refractivity contribution in [3.05, 3.63) is 45.3 Å². The normalized spacial score (nSPS) is 31.7. The molecule has 2 heterocycles. The minimum atomic E-state index is -2.46. The third kappa shape index (κ3) is 2.72. The second kappa shape index (κ2) is 5.85. The largest absolute Gasteiger partial charge is 0.478 e. The highest BCUT2D eigenvalue weighted by Gasteiger charge is 2.54. The molecule has 1 aliphatic heterocycles. The maximum absolute atomic E-state index is 11.8. The molecule has 0 bridgehead atoms. The molecule has 0 amide bonds. The Hall–Kier alpha value is -2.27. The Bertz CT molecular complexity index is 708. The molecule has 0 radical (unpaired) electrons. The fourth-order valence-electron chi connectivity index (χ4n) is 2.28. The summed E-state index contributed by atoms with van der Waals surface area (Å²) in [6.07, 6.45) is -0.162. The lowest BCUT2D eigenvalue weighted by molar-refractivity contribution is -0.271. The zero-order valence-corrected chi connectivity index (χ0v) is 11.1. The minimum Gasteiger partial charge on any atom is -0.478 e. The van der Waals surface area contributed by atoms with Gasteiger partial charge in [0.2, 0.25) is 0 Å². The molecule has 10 nitrogen and oxygen atoms in total. The fourth-order valence-corrected chi connectivity index (χ4v) is 2.28. The van der Waals surface area contributed by atoms with Crippen LogP contribution in [0, 0.1) is 5.92 Å². The molecule has 1 aromatic rings. The van der Waals surface area contributed by atoms with Crippen LogP contribution in [-0.4, -0.2) is 54.8 Å². The van der Waals surface area contributed by atoms with Crippen LogP contribution in [0.2, 0.25) is 0 Å². The highest BCUT2D eigenvalue weighted by atomic mass is 16.7. The summed E-state index contributed by atoms with van der Waals surface area (Å²) < 4.78 is 5.72. The molecule has 1 saturated heterocycles. The monoisotopic (exact) mass is 314 g/mol. The number of aliphatic carboxylic acids is 1. The number of aromatic nitrogens is 2. The Kier molecular flexibility index (Phi) is 4.28. The molecule has 5 N–H and O–H groups in total. The first kappa shape index (κ1) is 16.1. The maximum Gasteiger partial charge on any atom is 0.332 e. The van der Waals surface area contributed by atoms with Gasteiger partial charge in [0.1, 0.15) is 6.10 Å². The predicted octanol–water partition coefficient (Wildman–Crippen LogP) is -2.85. The van der Waals surface area contributed by atoms with E-state index in [0.717, 1.165) is 18.3 Å². The second-order valence-electron chi connectivity index (χ2n) is 4.69. The lowest BCUT2D eigenvalue weighted by Crippen LogP contribution is -2.48. The van der Waals surface area contributed by atoms with E-state index in [0.29, 0.717) is 10.6 Å². The second-order valence-corrected chi connectivity index (χ2v) is 4.69. The zero-order valence-electron chi connectivity index (χ0n) is 11.1. The van der Waals surface area contributed by atoms with Crippen LogP contribution in [0.4, 0.5) is 0 Å². The van der Waals surface area contributed by atoms with E-state index in [9.17, 15) is 24.6 Å². The summed E-state index contributed by atoms with van der Waals surface area (Å²) >= 11 is 0. The Morgan fingerprint density at radius 3 is 2.73 bits per heavy atom. The number of aliphatic hydroxyl groups is 3. The van der Waals surface area contributed by atoms with E-state index in [2.05, 4.69) is 0 Å². The van der Waals surface area contributed by atoms with Gasteiger partial charge in [-0.3, -0.25) is 9.78 Å². The maximum atomic E-state index is 11.8. The molecule has 10 heteroatoms. The number of carboxylic acid groups (broad SMARTS) is 1. The van der Waals surface area contributed by atoms with E-state index in [-0.39, 0.29) is 0 Å². The van der Waals surface area contributed by atoms with Crippen LogP contribution < -0.4 is 11.2 Å². The molecule has 4 atom stereocenters.